The minimum absolute atomic E-state index is 0.247. The van der Waals surface area contributed by atoms with E-state index in [0.717, 1.165) is 43.1 Å². The van der Waals surface area contributed by atoms with Crippen molar-refractivity contribution in [1.29, 1.82) is 0 Å². The second kappa shape index (κ2) is 5.20. The number of hydrogen-bond acceptors (Lipinski definition) is 5. The number of piperazine rings is 1. The van der Waals surface area contributed by atoms with E-state index < -0.39 is 0 Å². The van der Waals surface area contributed by atoms with Crippen molar-refractivity contribution >= 4 is 5.82 Å². The lowest BCUT2D eigenvalue weighted by Gasteiger charge is -2.36. The van der Waals surface area contributed by atoms with Crippen LogP contribution in [0.15, 0.2) is 0 Å². The summed E-state index contributed by atoms with van der Waals surface area (Å²) >= 11 is 0. The van der Waals surface area contributed by atoms with Gasteiger partial charge in [-0.3, -0.25) is 4.90 Å². The van der Waals surface area contributed by atoms with Crippen LogP contribution in [-0.2, 0) is 6.42 Å². The summed E-state index contributed by atoms with van der Waals surface area (Å²) in [5.74, 6) is 1.49. The fourth-order valence-electron chi connectivity index (χ4n) is 2.38. The zero-order valence-corrected chi connectivity index (χ0v) is 11.8. The number of nitrogens with two attached hydrogens (primary N) is 1. The quantitative estimate of drug-likeness (QED) is 0.842. The zero-order chi connectivity index (χ0) is 13.3. The molecule has 5 nitrogen and oxygen atoms in total. The molecular formula is C13H23N5. The van der Waals surface area contributed by atoms with Crippen molar-refractivity contribution in [2.45, 2.75) is 26.3 Å². The van der Waals surface area contributed by atoms with Gasteiger partial charge in [0.05, 0.1) is 6.04 Å². The molecule has 1 unspecified atom stereocenters. The van der Waals surface area contributed by atoms with Crippen molar-refractivity contribution in [3.05, 3.63) is 17.1 Å². The molecule has 1 aliphatic heterocycles. The highest BCUT2D eigenvalue weighted by Crippen LogP contribution is 2.23. The molecule has 18 heavy (non-hydrogen) atoms. The second-order valence-electron chi connectivity index (χ2n) is 5.15. The first-order valence-corrected chi connectivity index (χ1v) is 6.54. The van der Waals surface area contributed by atoms with Gasteiger partial charge in [-0.05, 0) is 27.4 Å². The third-order valence-electron chi connectivity index (χ3n) is 3.79. The zero-order valence-electron chi connectivity index (χ0n) is 11.8. The van der Waals surface area contributed by atoms with Gasteiger partial charge in [-0.15, -0.1) is 0 Å². The van der Waals surface area contributed by atoms with Gasteiger partial charge in [0.1, 0.15) is 11.6 Å². The Hall–Kier alpha value is -1.20. The van der Waals surface area contributed by atoms with Crippen LogP contribution < -0.4 is 5.73 Å². The monoisotopic (exact) mass is 249 g/mol. The molecule has 0 bridgehead atoms. The molecule has 1 aliphatic rings. The van der Waals surface area contributed by atoms with Gasteiger partial charge >= 0.3 is 0 Å². The Labute approximate surface area is 109 Å². The van der Waals surface area contributed by atoms with Gasteiger partial charge in [0.25, 0.3) is 0 Å². The Balaban J connectivity index is 2.35. The number of nitrogen functional groups attached to an aromatic ring is 1. The molecule has 0 aliphatic carbocycles. The van der Waals surface area contributed by atoms with Gasteiger partial charge in [0, 0.05) is 30.9 Å². The fourth-order valence-corrected chi connectivity index (χ4v) is 2.38. The van der Waals surface area contributed by atoms with Crippen LogP contribution in [0.1, 0.15) is 30.0 Å². The normalized spacial score (nSPS) is 22.3. The third kappa shape index (κ3) is 2.47. The number of nitrogens with zero attached hydrogens (tertiary/aromatic N) is 4. The molecule has 2 N–H and O–H groups in total. The van der Waals surface area contributed by atoms with Crippen LogP contribution >= 0.6 is 0 Å². The molecule has 0 radical (unpaired) electrons. The van der Waals surface area contributed by atoms with E-state index in [1.54, 1.807) is 0 Å². The summed E-state index contributed by atoms with van der Waals surface area (Å²) in [6, 6.07) is 0.247. The van der Waals surface area contributed by atoms with Crippen molar-refractivity contribution in [1.82, 2.24) is 19.8 Å². The van der Waals surface area contributed by atoms with Crippen molar-refractivity contribution in [3.8, 4) is 0 Å². The number of rotatable bonds is 2. The van der Waals surface area contributed by atoms with Gasteiger partial charge < -0.3 is 10.6 Å². The van der Waals surface area contributed by atoms with Crippen LogP contribution in [0.4, 0.5) is 5.82 Å². The van der Waals surface area contributed by atoms with Crippen LogP contribution in [0.5, 0.6) is 0 Å². The highest BCUT2D eigenvalue weighted by atomic mass is 15.3. The topological polar surface area (TPSA) is 58.3 Å². The smallest absolute Gasteiger partial charge is 0.149 e. The van der Waals surface area contributed by atoms with Crippen molar-refractivity contribution < 1.29 is 0 Å². The molecule has 1 saturated heterocycles. The van der Waals surface area contributed by atoms with E-state index in [9.17, 15) is 0 Å². The highest BCUT2D eigenvalue weighted by molar-refractivity contribution is 5.41. The number of hydrogen-bond donors (Lipinski definition) is 1. The van der Waals surface area contributed by atoms with E-state index in [1.165, 1.54) is 0 Å². The average Bonchev–Trinajstić information content (AvgIpc) is 2.35. The van der Waals surface area contributed by atoms with Gasteiger partial charge in [0.15, 0.2) is 0 Å². The summed E-state index contributed by atoms with van der Waals surface area (Å²) in [5.41, 5.74) is 8.09. The number of anilines is 1. The summed E-state index contributed by atoms with van der Waals surface area (Å²) < 4.78 is 0. The molecule has 2 heterocycles. The van der Waals surface area contributed by atoms with Crippen LogP contribution in [-0.4, -0.2) is 53.5 Å². The number of likely N-dealkylation sites (N-methyl/N-ethyl adjacent to an activating group) is 2. The van der Waals surface area contributed by atoms with E-state index in [0.29, 0.717) is 5.82 Å². The molecule has 0 amide bonds. The summed E-state index contributed by atoms with van der Waals surface area (Å²) in [5, 5.41) is 0. The van der Waals surface area contributed by atoms with E-state index in [4.69, 9.17) is 10.7 Å². The summed E-state index contributed by atoms with van der Waals surface area (Å²) in [6.45, 7) is 7.20. The molecule has 1 fully saturated rings. The van der Waals surface area contributed by atoms with Crippen molar-refractivity contribution in [3.63, 3.8) is 0 Å². The maximum Gasteiger partial charge on any atom is 0.149 e. The van der Waals surface area contributed by atoms with Crippen molar-refractivity contribution in [2.75, 3.05) is 39.5 Å². The maximum absolute atomic E-state index is 6.00. The molecule has 2 rings (SSSR count). The average molecular weight is 249 g/mol. The van der Waals surface area contributed by atoms with Gasteiger partial charge in [-0.1, -0.05) is 6.92 Å². The number of aromatic nitrogens is 2. The van der Waals surface area contributed by atoms with Crippen LogP contribution in [0.3, 0.4) is 0 Å². The minimum Gasteiger partial charge on any atom is -0.383 e. The Bertz CT molecular complexity index is 432. The second-order valence-corrected chi connectivity index (χ2v) is 5.15. The molecular weight excluding hydrogens is 226 g/mol. The van der Waals surface area contributed by atoms with Crippen LogP contribution in [0, 0.1) is 6.92 Å². The third-order valence-corrected chi connectivity index (χ3v) is 3.79. The molecule has 1 atom stereocenters. The van der Waals surface area contributed by atoms with E-state index in [2.05, 4.69) is 35.8 Å². The molecule has 5 heteroatoms. The summed E-state index contributed by atoms with van der Waals surface area (Å²) in [4.78, 5) is 13.8. The fraction of sp³-hybridized carbons (Fsp3) is 0.692. The Kier molecular flexibility index (Phi) is 3.82. The molecule has 1 aromatic rings. The molecule has 0 saturated carbocycles. The van der Waals surface area contributed by atoms with Crippen LogP contribution in [0.2, 0.25) is 0 Å². The summed E-state index contributed by atoms with van der Waals surface area (Å²) in [6.07, 6.45) is 0.901. The number of aryl methyl sites for hydroxylation is 1. The molecule has 100 valence electrons. The van der Waals surface area contributed by atoms with E-state index in [-0.39, 0.29) is 6.04 Å². The van der Waals surface area contributed by atoms with Crippen LogP contribution in [0.25, 0.3) is 0 Å². The Morgan fingerprint density at radius 2 is 2.00 bits per heavy atom. The first kappa shape index (κ1) is 13.2. The standard InChI is InChI=1S/C13H23N5/c1-5-10-9(2)12(14)16-13(15-10)11-8-17(3)6-7-18(11)4/h11H,5-8H2,1-4H3,(H2,14,15,16). The van der Waals surface area contributed by atoms with Gasteiger partial charge in [-0.2, -0.15) is 0 Å². The van der Waals surface area contributed by atoms with Gasteiger partial charge in [-0.25, -0.2) is 9.97 Å². The highest BCUT2D eigenvalue weighted by Gasteiger charge is 2.26. The lowest BCUT2D eigenvalue weighted by atomic mass is 10.1. The lowest BCUT2D eigenvalue weighted by molar-refractivity contribution is 0.109. The molecule has 0 spiro atoms. The maximum atomic E-state index is 6.00. The Morgan fingerprint density at radius 3 is 2.67 bits per heavy atom. The Morgan fingerprint density at radius 1 is 1.28 bits per heavy atom. The first-order valence-electron chi connectivity index (χ1n) is 6.54. The van der Waals surface area contributed by atoms with Crippen molar-refractivity contribution in [2.24, 2.45) is 0 Å². The molecule has 1 aromatic heterocycles. The minimum atomic E-state index is 0.247. The predicted octanol–water partition coefficient (Wildman–Crippen LogP) is 0.848. The SMILES string of the molecule is CCc1nc(C2CN(C)CCN2C)nc(N)c1C. The lowest BCUT2D eigenvalue weighted by Crippen LogP contribution is -2.45. The summed E-state index contributed by atoms with van der Waals surface area (Å²) in [7, 11) is 4.26. The molecule has 0 aromatic carbocycles. The van der Waals surface area contributed by atoms with Gasteiger partial charge in [0.2, 0.25) is 0 Å². The largest absolute Gasteiger partial charge is 0.383 e. The van der Waals surface area contributed by atoms with E-state index >= 15 is 0 Å². The predicted molar refractivity (Wildman–Crippen MR) is 73.4 cm³/mol. The van der Waals surface area contributed by atoms with E-state index in [1.807, 2.05) is 6.92 Å². The first-order chi connectivity index (χ1) is 8.52.